The first-order valence-corrected chi connectivity index (χ1v) is 5.07. The average molecular weight is 263 g/mol. The number of phenolic OH excluding ortho intramolecular Hbond substituents is 2. The van der Waals surface area contributed by atoms with E-state index >= 15 is 0 Å². The Bertz CT molecular complexity index is 695. The fourth-order valence-electron chi connectivity index (χ4n) is 1.30. The third kappa shape index (κ3) is 2.63. The number of phenols is 2. The predicted molar refractivity (Wildman–Crippen MR) is 63.6 cm³/mol. The van der Waals surface area contributed by atoms with Crippen molar-refractivity contribution in [3.63, 3.8) is 0 Å². The van der Waals surface area contributed by atoms with Crippen LogP contribution in [-0.2, 0) is 0 Å². The monoisotopic (exact) mass is 263 g/mol. The van der Waals surface area contributed by atoms with Crippen molar-refractivity contribution in [2.45, 2.75) is 0 Å². The second kappa shape index (κ2) is 4.69. The summed E-state index contributed by atoms with van der Waals surface area (Å²) in [4.78, 5) is 31.1. The number of aromatic nitrogens is 2. The molecule has 0 saturated heterocycles. The molecule has 0 radical (unpaired) electrons. The van der Waals surface area contributed by atoms with E-state index in [1.54, 1.807) is 0 Å². The zero-order valence-corrected chi connectivity index (χ0v) is 9.48. The van der Waals surface area contributed by atoms with Gasteiger partial charge in [0.25, 0.3) is 0 Å². The maximum atomic E-state index is 11.7. The Kier molecular flexibility index (Phi) is 3.06. The number of nitrogens with zero attached hydrogens (tertiary/aromatic N) is 2. The smallest absolute Gasteiger partial charge is 0.382 e. The number of nitrogens with two attached hydrogens (primary N) is 1. The van der Waals surface area contributed by atoms with Crippen LogP contribution >= 0.6 is 0 Å². The molecule has 2 rings (SSSR count). The Hall–Kier alpha value is -3.03. The summed E-state index contributed by atoms with van der Waals surface area (Å²) >= 11 is 0. The van der Waals surface area contributed by atoms with Crippen LogP contribution < -0.4 is 16.3 Å². The van der Waals surface area contributed by atoms with E-state index in [9.17, 15) is 19.8 Å². The van der Waals surface area contributed by atoms with Crippen LogP contribution in [0.25, 0.3) is 0 Å². The number of benzene rings is 1. The summed E-state index contributed by atoms with van der Waals surface area (Å²) in [5.74, 6) is -1.66. The molecule has 8 heteroatoms. The van der Waals surface area contributed by atoms with Gasteiger partial charge in [-0.25, -0.2) is 9.59 Å². The van der Waals surface area contributed by atoms with Crippen molar-refractivity contribution in [3.8, 4) is 11.5 Å². The van der Waals surface area contributed by atoms with Gasteiger partial charge in [-0.05, 0) is 18.2 Å². The van der Waals surface area contributed by atoms with Crippen LogP contribution in [0.1, 0.15) is 10.4 Å². The van der Waals surface area contributed by atoms with E-state index in [1.807, 2.05) is 0 Å². The zero-order valence-electron chi connectivity index (χ0n) is 9.48. The number of rotatable bonds is 2. The second-order valence-electron chi connectivity index (χ2n) is 3.54. The molecule has 0 saturated carbocycles. The summed E-state index contributed by atoms with van der Waals surface area (Å²) in [5, 5.41) is 18.7. The topological polar surface area (TPSA) is 128 Å². The average Bonchev–Trinajstić information content (AvgIpc) is 2.35. The molecule has 1 heterocycles. The molecule has 0 amide bonds. The minimum absolute atomic E-state index is 0.0162. The molecule has 1 aromatic heterocycles. The summed E-state index contributed by atoms with van der Waals surface area (Å²) in [7, 11) is 0. The summed E-state index contributed by atoms with van der Waals surface area (Å²) in [5.41, 5.74) is 4.11. The lowest BCUT2D eigenvalue weighted by molar-refractivity contribution is 0.0432. The standard InChI is InChI=1S/C11H9N3O5/c12-9-3-4-14(11(18)13-9)19-10(17)7-5-6(15)1-2-8(7)16/h1-5,15-16H,(H2,12,13,18). The van der Waals surface area contributed by atoms with Gasteiger partial charge in [-0.1, -0.05) is 0 Å². The van der Waals surface area contributed by atoms with Gasteiger partial charge in [0.15, 0.2) is 0 Å². The second-order valence-corrected chi connectivity index (χ2v) is 3.54. The summed E-state index contributed by atoms with van der Waals surface area (Å²) < 4.78 is 0.558. The van der Waals surface area contributed by atoms with Gasteiger partial charge in [-0.2, -0.15) is 4.98 Å². The Labute approximate surface area is 106 Å². The van der Waals surface area contributed by atoms with Crippen LogP contribution in [0.2, 0.25) is 0 Å². The molecule has 4 N–H and O–H groups in total. The van der Waals surface area contributed by atoms with Gasteiger partial charge < -0.3 is 20.8 Å². The number of aromatic hydroxyl groups is 2. The van der Waals surface area contributed by atoms with Gasteiger partial charge >= 0.3 is 11.7 Å². The first-order valence-electron chi connectivity index (χ1n) is 5.07. The van der Waals surface area contributed by atoms with Crippen molar-refractivity contribution in [2.75, 3.05) is 5.73 Å². The molecule has 98 valence electrons. The van der Waals surface area contributed by atoms with Crippen LogP contribution in [0.5, 0.6) is 11.5 Å². The highest BCUT2D eigenvalue weighted by Gasteiger charge is 2.15. The van der Waals surface area contributed by atoms with Crippen molar-refractivity contribution in [3.05, 3.63) is 46.5 Å². The molecule has 0 aliphatic carbocycles. The third-order valence-corrected chi connectivity index (χ3v) is 2.18. The Balaban J connectivity index is 2.31. The largest absolute Gasteiger partial charge is 0.508 e. The molecular weight excluding hydrogens is 254 g/mol. The molecule has 0 spiro atoms. The van der Waals surface area contributed by atoms with E-state index in [0.717, 1.165) is 18.3 Å². The predicted octanol–water partition coefficient (Wildman–Crippen LogP) is -0.494. The molecule has 2 aromatic rings. The molecule has 0 aliphatic heterocycles. The molecule has 0 unspecified atom stereocenters. The van der Waals surface area contributed by atoms with E-state index < -0.39 is 11.7 Å². The molecule has 0 aliphatic rings. The molecule has 19 heavy (non-hydrogen) atoms. The highest BCUT2D eigenvalue weighted by Crippen LogP contribution is 2.21. The van der Waals surface area contributed by atoms with Crippen molar-refractivity contribution in [1.82, 2.24) is 9.71 Å². The van der Waals surface area contributed by atoms with E-state index in [4.69, 9.17) is 10.6 Å². The first-order chi connectivity index (χ1) is 8.97. The molecule has 8 nitrogen and oxygen atoms in total. The SMILES string of the molecule is Nc1ccn(OC(=O)c2cc(O)ccc2O)c(=O)n1. The molecule has 0 bridgehead atoms. The Morgan fingerprint density at radius 2 is 2.05 bits per heavy atom. The maximum absolute atomic E-state index is 11.7. The summed E-state index contributed by atoms with van der Waals surface area (Å²) in [6.07, 6.45) is 1.11. The number of nitrogen functional groups attached to an aromatic ring is 1. The zero-order chi connectivity index (χ0) is 14.0. The van der Waals surface area contributed by atoms with Crippen LogP contribution in [0.3, 0.4) is 0 Å². The van der Waals surface area contributed by atoms with Crippen molar-refractivity contribution < 1.29 is 19.8 Å². The van der Waals surface area contributed by atoms with E-state index in [0.29, 0.717) is 4.73 Å². The van der Waals surface area contributed by atoms with E-state index in [2.05, 4.69) is 4.98 Å². The van der Waals surface area contributed by atoms with Gasteiger partial charge in [0, 0.05) is 6.07 Å². The highest BCUT2D eigenvalue weighted by molar-refractivity contribution is 5.93. The van der Waals surface area contributed by atoms with Crippen molar-refractivity contribution >= 4 is 11.8 Å². The fourth-order valence-corrected chi connectivity index (χ4v) is 1.30. The van der Waals surface area contributed by atoms with E-state index in [-0.39, 0.29) is 22.9 Å². The Morgan fingerprint density at radius 1 is 1.32 bits per heavy atom. The number of carbonyl (C=O) groups is 1. The Morgan fingerprint density at radius 3 is 2.74 bits per heavy atom. The maximum Gasteiger partial charge on any atom is 0.382 e. The minimum Gasteiger partial charge on any atom is -0.508 e. The van der Waals surface area contributed by atoms with Gasteiger partial charge in [-0.15, -0.1) is 4.73 Å². The number of anilines is 1. The lowest BCUT2D eigenvalue weighted by atomic mass is 10.2. The number of hydrogen-bond acceptors (Lipinski definition) is 7. The van der Waals surface area contributed by atoms with Gasteiger partial charge in [0.2, 0.25) is 0 Å². The van der Waals surface area contributed by atoms with Crippen molar-refractivity contribution in [2.24, 2.45) is 0 Å². The van der Waals surface area contributed by atoms with E-state index in [1.165, 1.54) is 12.1 Å². The minimum atomic E-state index is -1.03. The summed E-state index contributed by atoms with van der Waals surface area (Å²) in [6.45, 7) is 0. The lowest BCUT2D eigenvalue weighted by Crippen LogP contribution is -2.32. The molecular formula is C11H9N3O5. The third-order valence-electron chi connectivity index (χ3n) is 2.18. The molecule has 0 atom stereocenters. The van der Waals surface area contributed by atoms with Crippen LogP contribution in [0, 0.1) is 0 Å². The quantitative estimate of drug-likeness (QED) is 0.623. The number of hydrogen-bond donors (Lipinski definition) is 3. The van der Waals surface area contributed by atoms with Crippen LogP contribution in [0.4, 0.5) is 5.82 Å². The van der Waals surface area contributed by atoms with Gasteiger partial charge in [0.1, 0.15) is 22.9 Å². The van der Waals surface area contributed by atoms with Crippen LogP contribution in [-0.4, -0.2) is 25.9 Å². The van der Waals surface area contributed by atoms with Crippen molar-refractivity contribution in [1.29, 1.82) is 0 Å². The fraction of sp³-hybridized carbons (Fsp3) is 0. The summed E-state index contributed by atoms with van der Waals surface area (Å²) in [6, 6.07) is 4.59. The molecule has 0 fully saturated rings. The number of carbonyl (C=O) groups excluding carboxylic acids is 1. The van der Waals surface area contributed by atoms with Gasteiger partial charge in [0.05, 0.1) is 6.20 Å². The normalized spacial score (nSPS) is 10.1. The van der Waals surface area contributed by atoms with Crippen LogP contribution in [0.15, 0.2) is 35.3 Å². The highest BCUT2D eigenvalue weighted by atomic mass is 16.7. The molecule has 1 aromatic carbocycles. The van der Waals surface area contributed by atoms with Gasteiger partial charge in [-0.3, -0.25) is 0 Å². The first kappa shape index (κ1) is 12.4. The lowest BCUT2D eigenvalue weighted by Gasteiger charge is -2.07.